The fourth-order valence-electron chi connectivity index (χ4n) is 1.23. The molecule has 0 aliphatic rings. The Morgan fingerprint density at radius 3 is 2.82 bits per heavy atom. The van der Waals surface area contributed by atoms with E-state index in [2.05, 4.69) is 0 Å². The maximum Gasteiger partial charge on any atom is 0.219 e. The quantitative estimate of drug-likeness (QED) is 0.353. The lowest BCUT2D eigenvalue weighted by Crippen LogP contribution is -2.75. The molecular formula is C12H16N3O2+. The molecule has 0 unspecified atom stereocenters. The summed E-state index contributed by atoms with van der Waals surface area (Å²) in [7, 11) is 5.24. The lowest BCUT2D eigenvalue weighted by atomic mass is 10.3. The van der Waals surface area contributed by atoms with Gasteiger partial charge in [-0.05, 0) is 6.07 Å². The smallest absolute Gasteiger partial charge is 0.219 e. The van der Waals surface area contributed by atoms with Crippen LogP contribution in [0.4, 0.5) is 5.69 Å². The van der Waals surface area contributed by atoms with Gasteiger partial charge in [-0.3, -0.25) is 0 Å². The van der Waals surface area contributed by atoms with Crippen molar-refractivity contribution in [3.8, 4) is 11.8 Å². The van der Waals surface area contributed by atoms with Crippen LogP contribution in [0.5, 0.6) is 5.75 Å². The van der Waals surface area contributed by atoms with Gasteiger partial charge in [-0.15, -0.1) is 0 Å². The van der Waals surface area contributed by atoms with Crippen molar-refractivity contribution in [3.05, 3.63) is 36.2 Å². The Kier molecular flexibility index (Phi) is 5.01. The monoisotopic (exact) mass is 234 g/mol. The van der Waals surface area contributed by atoms with Crippen LogP contribution in [0.3, 0.4) is 0 Å². The standard InChI is InChI=1S/C12H15N3O2/c1-15(2)9-12(8-13)17-11-6-4-5-10(7-11)14-16-3/h4-7,9,14H,1-3H3/p+1/b12-9+. The highest BCUT2D eigenvalue weighted by molar-refractivity contribution is 5.38. The van der Waals surface area contributed by atoms with Crippen LogP contribution in [0.25, 0.3) is 0 Å². The van der Waals surface area contributed by atoms with Gasteiger partial charge in [0.15, 0.2) is 5.69 Å². The minimum Gasteiger partial charge on any atom is -0.444 e. The summed E-state index contributed by atoms with van der Waals surface area (Å²) in [5.74, 6) is 0.843. The molecule has 90 valence electrons. The zero-order valence-electron chi connectivity index (χ0n) is 10.2. The van der Waals surface area contributed by atoms with Crippen molar-refractivity contribution < 1.29 is 15.1 Å². The summed E-state index contributed by atoms with van der Waals surface area (Å²) >= 11 is 0. The molecule has 0 amide bonds. The second-order valence-electron chi connectivity index (χ2n) is 3.60. The van der Waals surface area contributed by atoms with Crippen LogP contribution in [-0.4, -0.2) is 26.1 Å². The molecule has 0 bridgehead atoms. The van der Waals surface area contributed by atoms with Crippen molar-refractivity contribution >= 4 is 5.69 Å². The van der Waals surface area contributed by atoms with Crippen molar-refractivity contribution in [2.24, 2.45) is 0 Å². The number of benzene rings is 1. The molecule has 0 heterocycles. The molecule has 0 aromatic heterocycles. The number of nitrogens with zero attached hydrogens (tertiary/aromatic N) is 2. The number of quaternary nitrogens is 1. The maximum atomic E-state index is 8.91. The Labute approximate surface area is 101 Å². The van der Waals surface area contributed by atoms with Crippen molar-refractivity contribution in [2.45, 2.75) is 0 Å². The summed E-state index contributed by atoms with van der Waals surface area (Å²) in [4.78, 5) is 6.66. The Bertz CT molecular complexity index is 436. The SMILES string of the molecule is CO[NH2+]c1cccc(O/C(C#N)=C/N(C)C)c1. The average Bonchev–Trinajstić information content (AvgIpc) is 2.28. The highest BCUT2D eigenvalue weighted by Gasteiger charge is 2.03. The van der Waals surface area contributed by atoms with Crippen LogP contribution in [0.1, 0.15) is 0 Å². The van der Waals surface area contributed by atoms with Crippen molar-refractivity contribution in [2.75, 3.05) is 21.2 Å². The number of hydrogen-bond acceptors (Lipinski definition) is 4. The fraction of sp³-hybridized carbons (Fsp3) is 0.250. The molecule has 0 aliphatic heterocycles. The van der Waals surface area contributed by atoms with E-state index in [0.29, 0.717) is 5.75 Å². The topological polar surface area (TPSA) is 62.1 Å². The van der Waals surface area contributed by atoms with Crippen LogP contribution in [0.15, 0.2) is 36.2 Å². The van der Waals surface area contributed by atoms with Crippen LogP contribution in [0.2, 0.25) is 0 Å². The van der Waals surface area contributed by atoms with Crippen LogP contribution >= 0.6 is 0 Å². The number of rotatable bonds is 5. The zero-order chi connectivity index (χ0) is 12.7. The van der Waals surface area contributed by atoms with Gasteiger partial charge in [0.2, 0.25) is 5.76 Å². The fourth-order valence-corrected chi connectivity index (χ4v) is 1.23. The van der Waals surface area contributed by atoms with E-state index in [9.17, 15) is 0 Å². The van der Waals surface area contributed by atoms with Gasteiger partial charge in [-0.2, -0.15) is 10.7 Å². The van der Waals surface area contributed by atoms with Gasteiger partial charge in [0.1, 0.15) is 11.8 Å². The van der Waals surface area contributed by atoms with Crippen molar-refractivity contribution in [3.63, 3.8) is 0 Å². The largest absolute Gasteiger partial charge is 0.444 e. The molecule has 0 aliphatic carbocycles. The number of allylic oxidation sites excluding steroid dienone is 1. The minimum atomic E-state index is 0.240. The van der Waals surface area contributed by atoms with E-state index in [4.69, 9.17) is 14.8 Å². The molecule has 0 radical (unpaired) electrons. The lowest BCUT2D eigenvalue weighted by molar-refractivity contribution is -0.830. The first-order valence-corrected chi connectivity index (χ1v) is 5.08. The molecule has 1 aromatic carbocycles. The first-order chi connectivity index (χ1) is 8.15. The Morgan fingerprint density at radius 1 is 1.47 bits per heavy atom. The van der Waals surface area contributed by atoms with E-state index in [0.717, 1.165) is 5.69 Å². The van der Waals surface area contributed by atoms with Gasteiger partial charge < -0.3 is 9.64 Å². The first kappa shape index (κ1) is 13.0. The summed E-state index contributed by atoms with van der Waals surface area (Å²) in [5.41, 5.74) is 2.49. The third kappa shape index (κ3) is 4.55. The molecule has 17 heavy (non-hydrogen) atoms. The predicted octanol–water partition coefficient (Wildman–Crippen LogP) is 0.748. The highest BCUT2D eigenvalue weighted by atomic mass is 16.6. The second-order valence-corrected chi connectivity index (χ2v) is 3.60. The zero-order valence-corrected chi connectivity index (χ0v) is 10.2. The molecule has 1 aromatic rings. The molecule has 0 saturated carbocycles. The lowest BCUT2D eigenvalue weighted by Gasteiger charge is -2.08. The van der Waals surface area contributed by atoms with Crippen molar-refractivity contribution in [1.29, 1.82) is 5.26 Å². The van der Waals surface area contributed by atoms with Gasteiger partial charge in [0.25, 0.3) is 0 Å². The van der Waals surface area contributed by atoms with Gasteiger partial charge in [0.05, 0.1) is 13.3 Å². The van der Waals surface area contributed by atoms with E-state index in [-0.39, 0.29) is 5.76 Å². The molecule has 5 heteroatoms. The Morgan fingerprint density at radius 2 is 2.24 bits per heavy atom. The normalized spacial score (nSPS) is 10.8. The maximum absolute atomic E-state index is 8.91. The van der Waals surface area contributed by atoms with Crippen molar-refractivity contribution in [1.82, 2.24) is 4.90 Å². The van der Waals surface area contributed by atoms with Gasteiger partial charge >= 0.3 is 0 Å². The molecule has 5 nitrogen and oxygen atoms in total. The van der Waals surface area contributed by atoms with Gasteiger partial charge in [-0.25, -0.2) is 4.84 Å². The molecule has 1 rings (SSSR count). The molecule has 0 fully saturated rings. The van der Waals surface area contributed by atoms with E-state index in [1.54, 1.807) is 35.8 Å². The van der Waals surface area contributed by atoms with Crippen LogP contribution in [0, 0.1) is 11.3 Å². The summed E-state index contributed by atoms with van der Waals surface area (Å²) in [5, 5.41) is 8.91. The van der Waals surface area contributed by atoms with E-state index in [1.165, 1.54) is 0 Å². The molecule has 2 N–H and O–H groups in total. The van der Waals surface area contributed by atoms with E-state index >= 15 is 0 Å². The van der Waals surface area contributed by atoms with Gasteiger partial charge in [0, 0.05) is 26.2 Å². The summed E-state index contributed by atoms with van der Waals surface area (Å²) < 4.78 is 5.44. The van der Waals surface area contributed by atoms with Crippen LogP contribution < -0.4 is 10.2 Å². The first-order valence-electron chi connectivity index (χ1n) is 5.08. The molecule has 0 spiro atoms. The van der Waals surface area contributed by atoms with Gasteiger partial charge in [-0.1, -0.05) is 6.07 Å². The van der Waals surface area contributed by atoms with E-state index in [1.807, 2.05) is 32.3 Å². The highest BCUT2D eigenvalue weighted by Crippen LogP contribution is 2.16. The molecular weight excluding hydrogens is 218 g/mol. The van der Waals surface area contributed by atoms with E-state index < -0.39 is 0 Å². The second kappa shape index (κ2) is 6.53. The molecule has 0 atom stereocenters. The summed E-state index contributed by atoms with van der Waals surface area (Å²) in [6.07, 6.45) is 1.62. The number of hydrogen-bond donors (Lipinski definition) is 1. The average molecular weight is 234 g/mol. The van der Waals surface area contributed by atoms with Crippen LogP contribution in [-0.2, 0) is 4.84 Å². The summed E-state index contributed by atoms with van der Waals surface area (Å²) in [6.45, 7) is 0. The minimum absolute atomic E-state index is 0.240. The number of nitriles is 1. The number of ether oxygens (including phenoxy) is 1. The third-order valence-corrected chi connectivity index (χ3v) is 1.83. The Balaban J connectivity index is 2.80. The summed E-state index contributed by atoms with van der Waals surface area (Å²) in [6, 6.07) is 9.30. The third-order valence-electron chi connectivity index (χ3n) is 1.83. The number of nitrogens with two attached hydrogens (primary N) is 1. The predicted molar refractivity (Wildman–Crippen MR) is 63.0 cm³/mol. The Hall–Kier alpha value is -2.03. The molecule has 0 saturated heterocycles.